The van der Waals surface area contributed by atoms with Gasteiger partial charge in [0, 0.05) is 19.6 Å². The molecule has 0 radical (unpaired) electrons. The molecule has 1 atom stereocenters. The van der Waals surface area contributed by atoms with Crippen LogP contribution in [-0.2, 0) is 0 Å². The van der Waals surface area contributed by atoms with E-state index in [0.29, 0.717) is 10.8 Å². The first-order valence-corrected chi connectivity index (χ1v) is 6.48. The zero-order chi connectivity index (χ0) is 10.9. The van der Waals surface area contributed by atoms with E-state index in [-0.39, 0.29) is 0 Å². The summed E-state index contributed by atoms with van der Waals surface area (Å²) in [4.78, 5) is 2.69. The van der Waals surface area contributed by atoms with Gasteiger partial charge in [0.2, 0.25) is 0 Å². The third kappa shape index (κ3) is 2.54. The number of hydrogen-bond acceptors (Lipinski definition) is 2. The van der Waals surface area contributed by atoms with Crippen molar-refractivity contribution in [3.05, 3.63) is 0 Å². The molecule has 1 unspecified atom stereocenters. The van der Waals surface area contributed by atoms with Crippen LogP contribution in [0.1, 0.15) is 40.0 Å². The largest absolute Gasteiger partial charge is 0.316 e. The second-order valence-corrected chi connectivity index (χ2v) is 6.41. The van der Waals surface area contributed by atoms with E-state index in [0.717, 1.165) is 0 Å². The highest BCUT2D eigenvalue weighted by Gasteiger charge is 2.37. The Morgan fingerprint density at radius 2 is 2.07 bits per heavy atom. The van der Waals surface area contributed by atoms with Gasteiger partial charge in [-0.05, 0) is 43.2 Å². The smallest absolute Gasteiger partial charge is 0.00507 e. The average molecular weight is 210 g/mol. The van der Waals surface area contributed by atoms with E-state index in [4.69, 9.17) is 0 Å². The molecule has 2 heteroatoms. The fraction of sp³-hybridized carbons (Fsp3) is 1.00. The number of nitrogens with one attached hydrogen (secondary N) is 1. The lowest BCUT2D eigenvalue weighted by Gasteiger charge is -2.32. The SMILES string of the molecule is CCC1(CN2CCC(C)(C)C2)CCNC1. The average Bonchev–Trinajstić information content (AvgIpc) is 2.75. The zero-order valence-electron chi connectivity index (χ0n) is 10.6. The van der Waals surface area contributed by atoms with Gasteiger partial charge in [-0.3, -0.25) is 0 Å². The van der Waals surface area contributed by atoms with Crippen molar-refractivity contribution in [2.24, 2.45) is 10.8 Å². The molecular weight excluding hydrogens is 184 g/mol. The summed E-state index contributed by atoms with van der Waals surface area (Å²) in [5, 5.41) is 3.53. The highest BCUT2D eigenvalue weighted by atomic mass is 15.2. The third-order valence-electron chi connectivity index (χ3n) is 4.40. The standard InChI is InChI=1S/C13H26N2/c1-4-13(5-7-14-9-13)11-15-8-6-12(2,3)10-15/h14H,4-11H2,1-3H3. The van der Waals surface area contributed by atoms with Crippen LogP contribution >= 0.6 is 0 Å². The summed E-state index contributed by atoms with van der Waals surface area (Å²) in [5.41, 5.74) is 1.14. The van der Waals surface area contributed by atoms with Crippen LogP contribution < -0.4 is 5.32 Å². The van der Waals surface area contributed by atoms with Gasteiger partial charge in [0.15, 0.2) is 0 Å². The summed E-state index contributed by atoms with van der Waals surface area (Å²) in [6.07, 6.45) is 4.08. The number of likely N-dealkylation sites (tertiary alicyclic amines) is 1. The Morgan fingerprint density at radius 3 is 2.53 bits per heavy atom. The van der Waals surface area contributed by atoms with Crippen molar-refractivity contribution >= 4 is 0 Å². The van der Waals surface area contributed by atoms with Gasteiger partial charge in [0.1, 0.15) is 0 Å². The van der Waals surface area contributed by atoms with Crippen molar-refractivity contribution in [1.29, 1.82) is 0 Å². The topological polar surface area (TPSA) is 15.3 Å². The molecule has 2 aliphatic rings. The van der Waals surface area contributed by atoms with Crippen LogP contribution in [0.3, 0.4) is 0 Å². The van der Waals surface area contributed by atoms with Gasteiger partial charge < -0.3 is 10.2 Å². The molecule has 2 aliphatic heterocycles. The van der Waals surface area contributed by atoms with Gasteiger partial charge in [-0.15, -0.1) is 0 Å². The molecule has 88 valence electrons. The van der Waals surface area contributed by atoms with Crippen molar-refractivity contribution in [2.75, 3.05) is 32.7 Å². The van der Waals surface area contributed by atoms with E-state index in [1.165, 1.54) is 52.0 Å². The van der Waals surface area contributed by atoms with Crippen molar-refractivity contribution in [3.8, 4) is 0 Å². The summed E-state index contributed by atoms with van der Waals surface area (Å²) in [7, 11) is 0. The third-order valence-corrected chi connectivity index (χ3v) is 4.40. The van der Waals surface area contributed by atoms with Crippen molar-refractivity contribution in [3.63, 3.8) is 0 Å². The van der Waals surface area contributed by atoms with E-state index in [1.54, 1.807) is 0 Å². The molecule has 0 amide bonds. The maximum atomic E-state index is 3.53. The minimum absolute atomic E-state index is 0.557. The maximum Gasteiger partial charge on any atom is 0.00507 e. The fourth-order valence-electron chi connectivity index (χ4n) is 3.18. The van der Waals surface area contributed by atoms with E-state index in [9.17, 15) is 0 Å². The molecule has 0 aliphatic carbocycles. The highest BCUT2D eigenvalue weighted by Crippen LogP contribution is 2.35. The lowest BCUT2D eigenvalue weighted by atomic mass is 9.83. The Kier molecular flexibility index (Phi) is 3.09. The summed E-state index contributed by atoms with van der Waals surface area (Å²) in [6.45, 7) is 13.6. The van der Waals surface area contributed by atoms with E-state index in [1.807, 2.05) is 0 Å². The molecule has 0 aromatic heterocycles. The minimum atomic E-state index is 0.557. The van der Waals surface area contributed by atoms with Crippen LogP contribution in [0.2, 0.25) is 0 Å². The zero-order valence-corrected chi connectivity index (χ0v) is 10.6. The van der Waals surface area contributed by atoms with Gasteiger partial charge in [0.25, 0.3) is 0 Å². The molecule has 2 heterocycles. The van der Waals surface area contributed by atoms with Crippen LogP contribution in [0.4, 0.5) is 0 Å². The van der Waals surface area contributed by atoms with Crippen molar-refractivity contribution in [1.82, 2.24) is 10.2 Å². The first-order chi connectivity index (χ1) is 7.05. The van der Waals surface area contributed by atoms with Crippen LogP contribution in [0.15, 0.2) is 0 Å². The Morgan fingerprint density at radius 1 is 1.27 bits per heavy atom. The molecule has 2 fully saturated rings. The molecule has 2 rings (SSSR count). The molecule has 0 saturated carbocycles. The summed E-state index contributed by atoms with van der Waals surface area (Å²) >= 11 is 0. The van der Waals surface area contributed by atoms with Crippen LogP contribution in [0.5, 0.6) is 0 Å². The van der Waals surface area contributed by atoms with Crippen molar-refractivity contribution in [2.45, 2.75) is 40.0 Å². The molecule has 0 spiro atoms. The lowest BCUT2D eigenvalue weighted by Crippen LogP contribution is -2.38. The normalized spacial score (nSPS) is 36.2. The number of rotatable bonds is 3. The second kappa shape index (κ2) is 4.06. The van der Waals surface area contributed by atoms with Crippen LogP contribution in [0, 0.1) is 10.8 Å². The van der Waals surface area contributed by atoms with Gasteiger partial charge in [-0.2, -0.15) is 0 Å². The van der Waals surface area contributed by atoms with E-state index < -0.39 is 0 Å². The second-order valence-electron chi connectivity index (χ2n) is 6.41. The summed E-state index contributed by atoms with van der Waals surface area (Å²) < 4.78 is 0. The first-order valence-electron chi connectivity index (χ1n) is 6.48. The van der Waals surface area contributed by atoms with Gasteiger partial charge in [0.05, 0.1) is 0 Å². The molecule has 0 aromatic carbocycles. The number of hydrogen-bond donors (Lipinski definition) is 1. The molecule has 15 heavy (non-hydrogen) atoms. The lowest BCUT2D eigenvalue weighted by molar-refractivity contribution is 0.172. The van der Waals surface area contributed by atoms with Crippen LogP contribution in [0.25, 0.3) is 0 Å². The van der Waals surface area contributed by atoms with E-state index in [2.05, 4.69) is 31.0 Å². The quantitative estimate of drug-likeness (QED) is 0.767. The molecule has 2 nitrogen and oxygen atoms in total. The van der Waals surface area contributed by atoms with Gasteiger partial charge in [-0.1, -0.05) is 20.8 Å². The maximum absolute atomic E-state index is 3.53. The Bertz CT molecular complexity index is 217. The van der Waals surface area contributed by atoms with Crippen molar-refractivity contribution < 1.29 is 0 Å². The van der Waals surface area contributed by atoms with Gasteiger partial charge >= 0.3 is 0 Å². The Hall–Kier alpha value is -0.0800. The fourth-order valence-corrected chi connectivity index (χ4v) is 3.18. The predicted molar refractivity (Wildman–Crippen MR) is 65.0 cm³/mol. The number of nitrogens with zero attached hydrogens (tertiary/aromatic N) is 1. The molecule has 2 saturated heterocycles. The van der Waals surface area contributed by atoms with E-state index >= 15 is 0 Å². The first kappa shape index (κ1) is 11.4. The summed E-state index contributed by atoms with van der Waals surface area (Å²) in [6, 6.07) is 0. The molecular formula is C13H26N2. The van der Waals surface area contributed by atoms with Gasteiger partial charge in [-0.25, -0.2) is 0 Å². The molecule has 0 aromatic rings. The predicted octanol–water partition coefficient (Wildman–Crippen LogP) is 2.11. The Labute approximate surface area is 94.4 Å². The van der Waals surface area contributed by atoms with Crippen LogP contribution in [-0.4, -0.2) is 37.6 Å². The molecule has 0 bridgehead atoms. The monoisotopic (exact) mass is 210 g/mol. The molecule has 1 N–H and O–H groups in total. The minimum Gasteiger partial charge on any atom is -0.316 e. The Balaban J connectivity index is 1.91. The summed E-state index contributed by atoms with van der Waals surface area (Å²) in [5.74, 6) is 0. The highest BCUT2D eigenvalue weighted by molar-refractivity contribution is 4.92.